The molecule has 0 saturated heterocycles. The minimum atomic E-state index is 0.318. The number of hydrogen-bond acceptors (Lipinski definition) is 3. The summed E-state index contributed by atoms with van der Waals surface area (Å²) >= 11 is 0. The van der Waals surface area contributed by atoms with Crippen molar-refractivity contribution >= 4 is 5.69 Å². The number of para-hydroxylation sites is 1. The van der Waals surface area contributed by atoms with Gasteiger partial charge in [0.15, 0.2) is 0 Å². The molecule has 1 aliphatic rings. The van der Waals surface area contributed by atoms with Crippen LogP contribution in [0.25, 0.3) is 0 Å². The van der Waals surface area contributed by atoms with E-state index >= 15 is 0 Å². The third-order valence-corrected chi connectivity index (χ3v) is 3.78. The monoisotopic (exact) mass is 248 g/mol. The van der Waals surface area contributed by atoms with Crippen LogP contribution >= 0.6 is 0 Å². The summed E-state index contributed by atoms with van der Waals surface area (Å²) in [6.45, 7) is 2.55. The van der Waals surface area contributed by atoms with Crippen LogP contribution in [0, 0.1) is 0 Å². The standard InChI is InChI=1S/C15H24N2O/c1-16-14-9-11-17(10-5-2-6-12-18)15-8-4-3-7-13(14)15/h3-4,7-8,14,16,18H,2,5-6,9-12H2,1H3. The van der Waals surface area contributed by atoms with Crippen molar-refractivity contribution in [1.82, 2.24) is 5.32 Å². The van der Waals surface area contributed by atoms with Crippen LogP contribution in [0.2, 0.25) is 0 Å². The van der Waals surface area contributed by atoms with Crippen molar-refractivity contribution in [2.24, 2.45) is 0 Å². The third-order valence-electron chi connectivity index (χ3n) is 3.78. The first-order valence-electron chi connectivity index (χ1n) is 6.99. The van der Waals surface area contributed by atoms with Crippen LogP contribution in [-0.4, -0.2) is 31.9 Å². The number of fused-ring (bicyclic) bond motifs is 1. The molecular formula is C15H24N2O. The largest absolute Gasteiger partial charge is 0.396 e. The number of anilines is 1. The van der Waals surface area contributed by atoms with Gasteiger partial charge in [-0.1, -0.05) is 18.2 Å². The SMILES string of the molecule is CNC1CCN(CCCCCO)c2ccccc21. The molecule has 2 N–H and O–H groups in total. The molecule has 0 radical (unpaired) electrons. The van der Waals surface area contributed by atoms with E-state index in [1.807, 2.05) is 7.05 Å². The third kappa shape index (κ3) is 3.03. The zero-order valence-electron chi connectivity index (χ0n) is 11.2. The first kappa shape index (κ1) is 13.4. The fourth-order valence-electron chi connectivity index (χ4n) is 2.75. The zero-order chi connectivity index (χ0) is 12.8. The Hall–Kier alpha value is -1.06. The molecule has 0 aliphatic carbocycles. The highest BCUT2D eigenvalue weighted by Gasteiger charge is 2.22. The zero-order valence-corrected chi connectivity index (χ0v) is 11.2. The average Bonchev–Trinajstić information content (AvgIpc) is 2.43. The molecule has 0 aromatic heterocycles. The molecule has 1 unspecified atom stereocenters. The van der Waals surface area contributed by atoms with Gasteiger partial charge in [0.05, 0.1) is 0 Å². The van der Waals surface area contributed by atoms with Gasteiger partial charge in [0.25, 0.3) is 0 Å². The first-order chi connectivity index (χ1) is 8.86. The fourth-order valence-corrected chi connectivity index (χ4v) is 2.75. The predicted molar refractivity (Wildman–Crippen MR) is 76.0 cm³/mol. The van der Waals surface area contributed by atoms with Gasteiger partial charge >= 0.3 is 0 Å². The van der Waals surface area contributed by atoms with E-state index in [1.165, 1.54) is 24.1 Å². The molecule has 100 valence electrons. The molecule has 1 aromatic rings. The second kappa shape index (κ2) is 6.76. The molecule has 0 bridgehead atoms. The van der Waals surface area contributed by atoms with Gasteiger partial charge in [-0.25, -0.2) is 0 Å². The van der Waals surface area contributed by atoms with E-state index in [4.69, 9.17) is 5.11 Å². The summed E-state index contributed by atoms with van der Waals surface area (Å²) in [5.41, 5.74) is 2.81. The van der Waals surface area contributed by atoms with Gasteiger partial charge in [-0.2, -0.15) is 0 Å². The van der Waals surface area contributed by atoms with Gasteiger partial charge in [0.1, 0.15) is 0 Å². The lowest BCUT2D eigenvalue weighted by Crippen LogP contribution is -2.35. The highest BCUT2D eigenvalue weighted by atomic mass is 16.2. The minimum Gasteiger partial charge on any atom is -0.396 e. The molecule has 1 aliphatic heterocycles. The van der Waals surface area contributed by atoms with Crippen molar-refractivity contribution in [2.45, 2.75) is 31.7 Å². The van der Waals surface area contributed by atoms with Gasteiger partial charge in [-0.05, 0) is 44.4 Å². The van der Waals surface area contributed by atoms with E-state index in [-0.39, 0.29) is 0 Å². The number of nitrogens with one attached hydrogen (secondary N) is 1. The van der Waals surface area contributed by atoms with E-state index in [9.17, 15) is 0 Å². The van der Waals surface area contributed by atoms with E-state index < -0.39 is 0 Å². The van der Waals surface area contributed by atoms with Gasteiger partial charge in [-0.3, -0.25) is 0 Å². The normalized spacial score (nSPS) is 18.8. The van der Waals surface area contributed by atoms with Gasteiger partial charge in [0.2, 0.25) is 0 Å². The van der Waals surface area contributed by atoms with Crippen LogP contribution in [0.1, 0.15) is 37.3 Å². The summed E-state index contributed by atoms with van der Waals surface area (Å²) in [4.78, 5) is 2.49. The molecule has 2 rings (SSSR count). The molecule has 18 heavy (non-hydrogen) atoms. The maximum Gasteiger partial charge on any atom is 0.0431 e. The molecular weight excluding hydrogens is 224 g/mol. The van der Waals surface area contributed by atoms with Gasteiger partial charge < -0.3 is 15.3 Å². The highest BCUT2D eigenvalue weighted by molar-refractivity contribution is 5.56. The summed E-state index contributed by atoms with van der Waals surface area (Å²) in [5, 5.41) is 12.2. The Labute approximate surface area is 110 Å². The summed E-state index contributed by atoms with van der Waals surface area (Å²) in [6, 6.07) is 9.20. The molecule has 0 saturated carbocycles. The summed E-state index contributed by atoms with van der Waals surface area (Å²) in [5.74, 6) is 0. The van der Waals surface area contributed by atoms with Crippen LogP contribution in [0.3, 0.4) is 0 Å². The Morgan fingerprint density at radius 1 is 1.28 bits per heavy atom. The smallest absolute Gasteiger partial charge is 0.0431 e. The van der Waals surface area contributed by atoms with Crippen LogP contribution in [0.15, 0.2) is 24.3 Å². The van der Waals surface area contributed by atoms with Gasteiger partial charge in [-0.15, -0.1) is 0 Å². The number of aliphatic hydroxyl groups is 1. The lowest BCUT2D eigenvalue weighted by molar-refractivity contribution is 0.283. The molecule has 0 spiro atoms. The topological polar surface area (TPSA) is 35.5 Å². The number of hydrogen-bond donors (Lipinski definition) is 2. The fraction of sp³-hybridized carbons (Fsp3) is 0.600. The molecule has 0 fully saturated rings. The number of aliphatic hydroxyl groups excluding tert-OH is 1. The quantitative estimate of drug-likeness (QED) is 0.758. The van der Waals surface area contributed by atoms with Gasteiger partial charge in [0, 0.05) is 31.4 Å². The van der Waals surface area contributed by atoms with Crippen molar-refractivity contribution < 1.29 is 5.11 Å². The first-order valence-corrected chi connectivity index (χ1v) is 6.99. The second-order valence-corrected chi connectivity index (χ2v) is 4.96. The molecule has 1 heterocycles. The predicted octanol–water partition coefficient (Wildman–Crippen LogP) is 2.32. The highest BCUT2D eigenvalue weighted by Crippen LogP contribution is 2.33. The van der Waals surface area contributed by atoms with E-state index in [0.717, 1.165) is 25.9 Å². The van der Waals surface area contributed by atoms with Crippen molar-refractivity contribution in [1.29, 1.82) is 0 Å². The second-order valence-electron chi connectivity index (χ2n) is 4.96. The molecule has 3 nitrogen and oxygen atoms in total. The summed E-state index contributed by atoms with van der Waals surface area (Å²) < 4.78 is 0. The van der Waals surface area contributed by atoms with Crippen LogP contribution < -0.4 is 10.2 Å². The maximum atomic E-state index is 8.81. The number of benzene rings is 1. The van der Waals surface area contributed by atoms with Crippen LogP contribution in [0.4, 0.5) is 5.69 Å². The molecule has 3 heteroatoms. The van der Waals surface area contributed by atoms with E-state index in [2.05, 4.69) is 34.5 Å². The Morgan fingerprint density at radius 2 is 2.11 bits per heavy atom. The van der Waals surface area contributed by atoms with E-state index in [1.54, 1.807) is 0 Å². The van der Waals surface area contributed by atoms with Crippen LogP contribution in [-0.2, 0) is 0 Å². The van der Waals surface area contributed by atoms with E-state index in [0.29, 0.717) is 12.6 Å². The summed E-state index contributed by atoms with van der Waals surface area (Å²) in [6.07, 6.45) is 4.38. The Bertz CT molecular complexity index is 367. The number of rotatable bonds is 6. The van der Waals surface area contributed by atoms with Crippen molar-refractivity contribution in [3.63, 3.8) is 0 Å². The maximum absolute atomic E-state index is 8.81. The van der Waals surface area contributed by atoms with Crippen molar-refractivity contribution in [3.8, 4) is 0 Å². The van der Waals surface area contributed by atoms with Crippen molar-refractivity contribution in [3.05, 3.63) is 29.8 Å². The lowest BCUT2D eigenvalue weighted by Gasteiger charge is -2.35. The Kier molecular flexibility index (Phi) is 5.02. The number of unbranched alkanes of at least 4 members (excludes halogenated alkanes) is 2. The number of nitrogens with zero attached hydrogens (tertiary/aromatic N) is 1. The molecule has 1 aromatic carbocycles. The van der Waals surface area contributed by atoms with Crippen molar-refractivity contribution in [2.75, 3.05) is 31.6 Å². The Morgan fingerprint density at radius 3 is 2.89 bits per heavy atom. The van der Waals surface area contributed by atoms with Crippen LogP contribution in [0.5, 0.6) is 0 Å². The summed E-state index contributed by atoms with van der Waals surface area (Å²) in [7, 11) is 2.04. The lowest BCUT2D eigenvalue weighted by atomic mass is 9.96. The molecule has 0 amide bonds. The molecule has 1 atom stereocenters. The average molecular weight is 248 g/mol. The minimum absolute atomic E-state index is 0.318. The Balaban J connectivity index is 2.01.